The minimum atomic E-state index is -0.0267. The highest BCUT2D eigenvalue weighted by atomic mass is 32.1. The van der Waals surface area contributed by atoms with E-state index in [0.29, 0.717) is 0 Å². The summed E-state index contributed by atoms with van der Waals surface area (Å²) in [6.45, 7) is 11.1. The van der Waals surface area contributed by atoms with E-state index in [0.717, 1.165) is 31.2 Å². The summed E-state index contributed by atoms with van der Waals surface area (Å²) < 4.78 is 10.8. The van der Waals surface area contributed by atoms with Crippen molar-refractivity contribution in [3.63, 3.8) is 0 Å². The summed E-state index contributed by atoms with van der Waals surface area (Å²) in [5.74, 6) is 0. The molecule has 1 fully saturated rings. The van der Waals surface area contributed by atoms with Crippen LogP contribution in [-0.4, -0.2) is 31.0 Å². The molecule has 0 unspecified atom stereocenters. The van der Waals surface area contributed by atoms with E-state index < -0.39 is 0 Å². The molecule has 1 N–H and O–H groups in total. The number of rotatable bonds is 5. The Hall–Kier alpha value is -0.490. The maximum absolute atomic E-state index is 5.41. The molecule has 1 atom stereocenters. The van der Waals surface area contributed by atoms with Crippen LogP contribution >= 0.6 is 11.3 Å². The summed E-state index contributed by atoms with van der Waals surface area (Å²) in [5, 5.41) is 6.79. The number of aromatic nitrogens is 1. The first-order valence-electron chi connectivity index (χ1n) is 6.89. The summed E-state index contributed by atoms with van der Waals surface area (Å²) in [6, 6.07) is 0.280. The van der Waals surface area contributed by atoms with E-state index in [9.17, 15) is 0 Å². The maximum atomic E-state index is 5.41. The number of thiazole rings is 1. The van der Waals surface area contributed by atoms with Gasteiger partial charge in [0.25, 0.3) is 0 Å². The third kappa shape index (κ3) is 4.24. The minimum absolute atomic E-state index is 0.0267. The topological polar surface area (TPSA) is 43.4 Å². The normalized spacial score (nSPS) is 18.9. The Morgan fingerprint density at radius 2 is 2.11 bits per heavy atom. The van der Waals surface area contributed by atoms with Crippen molar-refractivity contribution in [2.24, 2.45) is 0 Å². The molecule has 0 radical (unpaired) electrons. The van der Waals surface area contributed by atoms with Gasteiger partial charge in [-0.15, -0.1) is 11.3 Å². The summed E-state index contributed by atoms with van der Waals surface area (Å²) in [5.41, 5.74) is 1.30. The molecule has 19 heavy (non-hydrogen) atoms. The van der Waals surface area contributed by atoms with Crippen molar-refractivity contribution < 1.29 is 9.47 Å². The van der Waals surface area contributed by atoms with E-state index in [4.69, 9.17) is 14.5 Å². The SMILES string of the molecule is C[C@@H](NCCC1OCCO1)c1nc(C(C)(C)C)cs1. The highest BCUT2D eigenvalue weighted by Crippen LogP contribution is 2.26. The number of hydrogen-bond acceptors (Lipinski definition) is 5. The Bertz CT molecular complexity index is 394. The van der Waals surface area contributed by atoms with Gasteiger partial charge in [-0.2, -0.15) is 0 Å². The van der Waals surface area contributed by atoms with E-state index >= 15 is 0 Å². The van der Waals surface area contributed by atoms with Crippen LogP contribution in [0, 0.1) is 0 Å². The van der Waals surface area contributed by atoms with E-state index in [1.807, 2.05) is 0 Å². The molecule has 1 aromatic heterocycles. The Labute approximate surface area is 119 Å². The van der Waals surface area contributed by atoms with Gasteiger partial charge in [0, 0.05) is 23.8 Å². The van der Waals surface area contributed by atoms with Crippen molar-refractivity contribution in [1.29, 1.82) is 0 Å². The molecule has 1 aliphatic heterocycles. The molecular formula is C14H24N2O2S. The van der Waals surface area contributed by atoms with E-state index in [1.165, 1.54) is 5.69 Å². The molecular weight excluding hydrogens is 260 g/mol. The zero-order valence-corrected chi connectivity index (χ0v) is 13.0. The van der Waals surface area contributed by atoms with Crippen molar-refractivity contribution in [2.75, 3.05) is 19.8 Å². The van der Waals surface area contributed by atoms with Gasteiger partial charge in [0.1, 0.15) is 5.01 Å². The van der Waals surface area contributed by atoms with E-state index in [1.54, 1.807) is 11.3 Å². The van der Waals surface area contributed by atoms with Gasteiger partial charge in [-0.1, -0.05) is 20.8 Å². The fourth-order valence-corrected chi connectivity index (χ4v) is 2.99. The van der Waals surface area contributed by atoms with Crippen LogP contribution in [0.3, 0.4) is 0 Å². The zero-order valence-electron chi connectivity index (χ0n) is 12.2. The molecule has 0 spiro atoms. The molecule has 0 aromatic carbocycles. The number of nitrogens with one attached hydrogen (secondary N) is 1. The van der Waals surface area contributed by atoms with Crippen molar-refractivity contribution in [3.8, 4) is 0 Å². The van der Waals surface area contributed by atoms with Gasteiger partial charge in [0.05, 0.1) is 24.9 Å². The van der Waals surface area contributed by atoms with Crippen LogP contribution < -0.4 is 5.32 Å². The smallest absolute Gasteiger partial charge is 0.159 e. The van der Waals surface area contributed by atoms with Gasteiger partial charge < -0.3 is 14.8 Å². The lowest BCUT2D eigenvalue weighted by atomic mass is 9.93. The first-order chi connectivity index (χ1) is 8.97. The molecule has 5 heteroatoms. The Morgan fingerprint density at radius 3 is 2.68 bits per heavy atom. The molecule has 1 aromatic rings. The fourth-order valence-electron chi connectivity index (χ4n) is 1.91. The third-order valence-corrected chi connectivity index (χ3v) is 4.21. The molecule has 4 nitrogen and oxygen atoms in total. The molecule has 1 saturated heterocycles. The largest absolute Gasteiger partial charge is 0.350 e. The van der Waals surface area contributed by atoms with Gasteiger partial charge in [0.15, 0.2) is 6.29 Å². The van der Waals surface area contributed by atoms with Crippen LogP contribution in [0.25, 0.3) is 0 Å². The Balaban J connectivity index is 1.79. The first kappa shape index (κ1) is 14.9. The fraction of sp³-hybridized carbons (Fsp3) is 0.786. The van der Waals surface area contributed by atoms with Crippen molar-refractivity contribution in [3.05, 3.63) is 16.1 Å². The zero-order chi connectivity index (χ0) is 13.9. The molecule has 0 aliphatic carbocycles. The van der Waals surface area contributed by atoms with Crippen LogP contribution in [0.15, 0.2) is 5.38 Å². The molecule has 2 heterocycles. The lowest BCUT2D eigenvalue weighted by Crippen LogP contribution is -2.24. The second-order valence-electron chi connectivity index (χ2n) is 5.96. The van der Waals surface area contributed by atoms with Crippen molar-refractivity contribution >= 4 is 11.3 Å². The molecule has 0 bridgehead atoms. The first-order valence-corrected chi connectivity index (χ1v) is 7.77. The second kappa shape index (κ2) is 6.31. The quantitative estimate of drug-likeness (QED) is 0.903. The highest BCUT2D eigenvalue weighted by molar-refractivity contribution is 7.09. The Morgan fingerprint density at radius 1 is 1.42 bits per heavy atom. The molecule has 2 rings (SSSR count). The van der Waals surface area contributed by atoms with Crippen LogP contribution in [-0.2, 0) is 14.9 Å². The number of hydrogen-bond donors (Lipinski definition) is 1. The lowest BCUT2D eigenvalue weighted by molar-refractivity contribution is -0.0462. The Kier molecular flexibility index (Phi) is 4.95. The van der Waals surface area contributed by atoms with Crippen LogP contribution in [0.1, 0.15) is 50.9 Å². The summed E-state index contributed by atoms with van der Waals surface area (Å²) in [7, 11) is 0. The molecule has 1 aliphatic rings. The van der Waals surface area contributed by atoms with Gasteiger partial charge in [-0.05, 0) is 6.92 Å². The minimum Gasteiger partial charge on any atom is -0.350 e. The third-order valence-electron chi connectivity index (χ3n) is 3.18. The van der Waals surface area contributed by atoms with Crippen molar-refractivity contribution in [2.45, 2.75) is 51.9 Å². The summed E-state index contributed by atoms with van der Waals surface area (Å²) in [4.78, 5) is 4.73. The van der Waals surface area contributed by atoms with Gasteiger partial charge in [-0.25, -0.2) is 4.98 Å². The number of ether oxygens (including phenoxy) is 2. The average Bonchev–Trinajstić information content (AvgIpc) is 2.99. The maximum Gasteiger partial charge on any atom is 0.159 e. The van der Waals surface area contributed by atoms with Gasteiger partial charge in [0.2, 0.25) is 0 Å². The molecule has 0 amide bonds. The predicted octanol–water partition coefficient (Wildman–Crippen LogP) is 2.85. The average molecular weight is 284 g/mol. The summed E-state index contributed by atoms with van der Waals surface area (Å²) >= 11 is 1.73. The van der Waals surface area contributed by atoms with Crippen LogP contribution in [0.2, 0.25) is 0 Å². The van der Waals surface area contributed by atoms with Crippen LogP contribution in [0.4, 0.5) is 0 Å². The lowest BCUT2D eigenvalue weighted by Gasteiger charge is -2.16. The van der Waals surface area contributed by atoms with Crippen molar-refractivity contribution in [1.82, 2.24) is 10.3 Å². The monoisotopic (exact) mass is 284 g/mol. The van der Waals surface area contributed by atoms with E-state index in [2.05, 4.69) is 38.4 Å². The summed E-state index contributed by atoms with van der Waals surface area (Å²) in [6.07, 6.45) is 0.864. The second-order valence-corrected chi connectivity index (χ2v) is 6.85. The number of nitrogens with zero attached hydrogens (tertiary/aromatic N) is 1. The predicted molar refractivity (Wildman–Crippen MR) is 77.5 cm³/mol. The standard InChI is InChI=1S/C14H24N2O2S/c1-10(15-6-5-12-17-7-8-18-12)13-16-11(9-19-13)14(2,3)4/h9-10,12,15H,5-8H2,1-4H3/t10-/m1/s1. The highest BCUT2D eigenvalue weighted by Gasteiger charge is 2.20. The van der Waals surface area contributed by atoms with E-state index in [-0.39, 0.29) is 17.7 Å². The molecule has 0 saturated carbocycles. The molecule has 108 valence electrons. The van der Waals surface area contributed by atoms with Gasteiger partial charge >= 0.3 is 0 Å². The van der Waals surface area contributed by atoms with Crippen LogP contribution in [0.5, 0.6) is 0 Å². The van der Waals surface area contributed by atoms with Gasteiger partial charge in [-0.3, -0.25) is 0 Å².